The van der Waals surface area contributed by atoms with Crippen LogP contribution < -0.4 is 0 Å². The van der Waals surface area contributed by atoms with Crippen LogP contribution in [0.5, 0.6) is 0 Å². The predicted molar refractivity (Wildman–Crippen MR) is 89.9 cm³/mol. The molecule has 0 bridgehead atoms. The van der Waals surface area contributed by atoms with Crippen molar-refractivity contribution in [3.05, 3.63) is 66.4 Å². The topological polar surface area (TPSA) is 39.1 Å². The average molecular weight is 313 g/mol. The second-order valence-electron chi connectivity index (χ2n) is 5.52. The molecule has 114 valence electrons. The molecule has 22 heavy (non-hydrogen) atoms. The maximum atomic E-state index is 12.0. The van der Waals surface area contributed by atoms with Gasteiger partial charge in [0.05, 0.1) is 10.9 Å². The molecular weight excluding hydrogens is 294 g/mol. The molecule has 3 rings (SSSR count). The fourth-order valence-electron chi connectivity index (χ4n) is 3.02. The molecule has 4 heteroatoms. The Morgan fingerprint density at radius 2 is 1.73 bits per heavy atom. The molecule has 0 aliphatic rings. The van der Waals surface area contributed by atoms with Gasteiger partial charge in [-0.15, -0.1) is 0 Å². The van der Waals surface area contributed by atoms with Crippen LogP contribution in [0.1, 0.15) is 24.9 Å². The van der Waals surface area contributed by atoms with Crippen LogP contribution in [0.3, 0.4) is 0 Å². The third-order valence-electron chi connectivity index (χ3n) is 4.03. The summed E-state index contributed by atoms with van der Waals surface area (Å²) in [4.78, 5) is 0.395. The summed E-state index contributed by atoms with van der Waals surface area (Å²) in [7, 11) is -3.23. The molecule has 0 saturated heterocycles. The summed E-state index contributed by atoms with van der Waals surface area (Å²) in [5.74, 6) is 0. The standard InChI is InChI=1S/C18H19NO2S/c1-3-16(14-8-5-4-6-9-14)19-13-12-15-17(19)10-7-11-18(15)22(2,20)21/h4-13,16H,3H2,1-2H3. The summed E-state index contributed by atoms with van der Waals surface area (Å²) in [5.41, 5.74) is 2.19. The first kappa shape index (κ1) is 14.9. The molecular formula is C18H19NO2S. The van der Waals surface area contributed by atoms with E-state index < -0.39 is 9.84 Å². The van der Waals surface area contributed by atoms with Gasteiger partial charge < -0.3 is 4.57 Å². The summed E-state index contributed by atoms with van der Waals surface area (Å²) < 4.78 is 26.1. The molecule has 0 N–H and O–H groups in total. The van der Waals surface area contributed by atoms with E-state index in [9.17, 15) is 8.42 Å². The van der Waals surface area contributed by atoms with Crippen LogP contribution >= 0.6 is 0 Å². The summed E-state index contributed by atoms with van der Waals surface area (Å²) in [6.07, 6.45) is 4.19. The molecule has 0 aliphatic heterocycles. The average Bonchev–Trinajstić information content (AvgIpc) is 2.92. The van der Waals surface area contributed by atoms with Crippen molar-refractivity contribution in [3.8, 4) is 0 Å². The minimum absolute atomic E-state index is 0.202. The van der Waals surface area contributed by atoms with Crippen molar-refractivity contribution in [3.63, 3.8) is 0 Å². The zero-order chi connectivity index (χ0) is 15.7. The van der Waals surface area contributed by atoms with Crippen molar-refractivity contribution in [1.29, 1.82) is 0 Å². The van der Waals surface area contributed by atoms with E-state index in [1.54, 1.807) is 6.07 Å². The summed E-state index contributed by atoms with van der Waals surface area (Å²) in [6.45, 7) is 2.14. The highest BCUT2D eigenvalue weighted by Gasteiger charge is 2.17. The first-order valence-electron chi connectivity index (χ1n) is 7.37. The predicted octanol–water partition coefficient (Wildman–Crippen LogP) is 4.04. The summed E-state index contributed by atoms with van der Waals surface area (Å²) in [6, 6.07) is 17.9. The Balaban J connectivity index is 2.20. The Labute approximate surface area is 131 Å². The van der Waals surface area contributed by atoms with Gasteiger partial charge in [0.2, 0.25) is 0 Å². The molecule has 1 unspecified atom stereocenters. The van der Waals surface area contributed by atoms with E-state index in [2.05, 4.69) is 23.6 Å². The van der Waals surface area contributed by atoms with Crippen molar-refractivity contribution in [2.45, 2.75) is 24.3 Å². The molecule has 1 atom stereocenters. The molecule has 0 fully saturated rings. The van der Waals surface area contributed by atoms with Crippen LogP contribution in [-0.4, -0.2) is 19.2 Å². The lowest BCUT2D eigenvalue weighted by Gasteiger charge is -2.19. The Bertz CT molecular complexity index is 895. The van der Waals surface area contributed by atoms with E-state index in [0.29, 0.717) is 4.90 Å². The van der Waals surface area contributed by atoms with E-state index >= 15 is 0 Å². The second kappa shape index (κ2) is 5.61. The summed E-state index contributed by atoms with van der Waals surface area (Å²) in [5, 5.41) is 0.791. The van der Waals surface area contributed by atoms with E-state index in [4.69, 9.17) is 0 Å². The maximum Gasteiger partial charge on any atom is 0.176 e. The van der Waals surface area contributed by atoms with Crippen LogP contribution in [0.15, 0.2) is 65.7 Å². The smallest absolute Gasteiger partial charge is 0.176 e. The number of hydrogen-bond acceptors (Lipinski definition) is 2. The normalized spacial score (nSPS) is 13.4. The Morgan fingerprint density at radius 1 is 1.00 bits per heavy atom. The molecule has 0 spiro atoms. The first-order chi connectivity index (χ1) is 10.5. The van der Waals surface area contributed by atoms with E-state index in [-0.39, 0.29) is 6.04 Å². The van der Waals surface area contributed by atoms with Crippen LogP contribution in [0.2, 0.25) is 0 Å². The van der Waals surface area contributed by atoms with Gasteiger partial charge in [0.1, 0.15) is 0 Å². The molecule has 0 amide bonds. The molecule has 0 radical (unpaired) electrons. The van der Waals surface area contributed by atoms with E-state index in [0.717, 1.165) is 17.3 Å². The minimum Gasteiger partial charge on any atom is -0.340 e. The van der Waals surface area contributed by atoms with Crippen LogP contribution in [0.4, 0.5) is 0 Å². The van der Waals surface area contributed by atoms with Gasteiger partial charge >= 0.3 is 0 Å². The van der Waals surface area contributed by atoms with Gasteiger partial charge in [0.15, 0.2) is 9.84 Å². The van der Waals surface area contributed by atoms with Gasteiger partial charge in [-0.05, 0) is 30.2 Å². The minimum atomic E-state index is -3.23. The number of sulfone groups is 1. The molecule has 1 heterocycles. The Kier molecular flexibility index (Phi) is 3.79. The zero-order valence-electron chi connectivity index (χ0n) is 12.7. The molecule has 0 aliphatic carbocycles. The number of rotatable bonds is 4. The highest BCUT2D eigenvalue weighted by Crippen LogP contribution is 2.30. The first-order valence-corrected chi connectivity index (χ1v) is 9.26. The van der Waals surface area contributed by atoms with Gasteiger partial charge in [0, 0.05) is 23.4 Å². The number of benzene rings is 2. The zero-order valence-corrected chi connectivity index (χ0v) is 13.5. The van der Waals surface area contributed by atoms with Crippen molar-refractivity contribution >= 4 is 20.7 Å². The lowest BCUT2D eigenvalue weighted by atomic mass is 10.0. The largest absolute Gasteiger partial charge is 0.340 e. The molecule has 2 aromatic carbocycles. The highest BCUT2D eigenvalue weighted by atomic mass is 32.2. The molecule has 3 nitrogen and oxygen atoms in total. The Hall–Kier alpha value is -2.07. The van der Waals surface area contributed by atoms with Crippen molar-refractivity contribution in [2.75, 3.05) is 6.26 Å². The Morgan fingerprint density at radius 3 is 2.36 bits per heavy atom. The van der Waals surface area contributed by atoms with Gasteiger partial charge in [-0.2, -0.15) is 0 Å². The van der Waals surface area contributed by atoms with E-state index in [1.165, 1.54) is 11.8 Å². The number of fused-ring (bicyclic) bond motifs is 1. The van der Waals surface area contributed by atoms with Crippen LogP contribution in [0.25, 0.3) is 10.9 Å². The monoisotopic (exact) mass is 313 g/mol. The quantitative estimate of drug-likeness (QED) is 0.729. The maximum absolute atomic E-state index is 12.0. The lowest BCUT2D eigenvalue weighted by Crippen LogP contribution is -2.08. The molecule has 1 aromatic heterocycles. The lowest BCUT2D eigenvalue weighted by molar-refractivity contribution is 0.585. The highest BCUT2D eigenvalue weighted by molar-refractivity contribution is 7.91. The van der Waals surface area contributed by atoms with Crippen molar-refractivity contribution in [2.24, 2.45) is 0 Å². The second-order valence-corrected chi connectivity index (χ2v) is 7.50. The van der Waals surface area contributed by atoms with Gasteiger partial charge in [-0.3, -0.25) is 0 Å². The van der Waals surface area contributed by atoms with Gasteiger partial charge in [-0.1, -0.05) is 43.3 Å². The van der Waals surface area contributed by atoms with Crippen molar-refractivity contribution in [1.82, 2.24) is 4.57 Å². The fourth-order valence-corrected chi connectivity index (χ4v) is 3.92. The van der Waals surface area contributed by atoms with Gasteiger partial charge in [-0.25, -0.2) is 8.42 Å². The van der Waals surface area contributed by atoms with Crippen LogP contribution in [-0.2, 0) is 9.84 Å². The van der Waals surface area contributed by atoms with Crippen LogP contribution in [0, 0.1) is 0 Å². The fraction of sp³-hybridized carbons (Fsp3) is 0.222. The SMILES string of the molecule is CCC(c1ccccc1)n1ccc2c(S(C)(=O)=O)cccc21. The molecule has 0 saturated carbocycles. The third kappa shape index (κ3) is 2.55. The number of aromatic nitrogens is 1. The third-order valence-corrected chi connectivity index (χ3v) is 5.18. The number of hydrogen-bond donors (Lipinski definition) is 0. The van der Waals surface area contributed by atoms with Gasteiger partial charge in [0.25, 0.3) is 0 Å². The van der Waals surface area contributed by atoms with Crippen molar-refractivity contribution < 1.29 is 8.42 Å². The molecule has 3 aromatic rings. The number of nitrogens with zero attached hydrogens (tertiary/aromatic N) is 1. The van der Waals surface area contributed by atoms with E-state index in [1.807, 2.05) is 42.6 Å². The summed E-state index contributed by atoms with van der Waals surface area (Å²) >= 11 is 0.